The number of ether oxygens (including phenoxy) is 2. The molecule has 5 fully saturated rings. The number of esters is 1. The fraction of sp³-hybridized carbons (Fsp3) is 0.633. The van der Waals surface area contributed by atoms with Gasteiger partial charge in [0, 0.05) is 21.7 Å². The van der Waals surface area contributed by atoms with E-state index in [0.29, 0.717) is 42.8 Å². The zero-order valence-corrected chi connectivity index (χ0v) is 25.4. The lowest BCUT2D eigenvalue weighted by Crippen LogP contribution is -2.52. The molecule has 244 valence electrons. The molecule has 7 rings (SSSR count). The van der Waals surface area contributed by atoms with Crippen LogP contribution in [0.25, 0.3) is 10.8 Å². The topological polar surface area (TPSA) is 92.7 Å². The molecule has 4 saturated carbocycles. The summed E-state index contributed by atoms with van der Waals surface area (Å²) in [5.74, 6) is 0.940. The number of fused-ring (bicyclic) bond motifs is 1. The third-order valence-corrected chi connectivity index (χ3v) is 12.3. The summed E-state index contributed by atoms with van der Waals surface area (Å²) in [6, 6.07) is 11.2. The van der Waals surface area contributed by atoms with Gasteiger partial charge in [0.05, 0.1) is 21.3 Å². The van der Waals surface area contributed by atoms with Crippen LogP contribution in [0.5, 0.6) is 5.75 Å². The van der Waals surface area contributed by atoms with Gasteiger partial charge in [-0.2, -0.15) is 26.3 Å². The zero-order valence-electron chi connectivity index (χ0n) is 23.8. The number of carbonyl (C=O) groups is 1. The van der Waals surface area contributed by atoms with Gasteiger partial charge in [-0.3, -0.25) is 4.79 Å². The van der Waals surface area contributed by atoms with Crippen molar-refractivity contribution < 1.29 is 53.6 Å². The van der Waals surface area contributed by atoms with Gasteiger partial charge in [0.1, 0.15) is 17.3 Å². The first kappa shape index (κ1) is 33.2. The van der Waals surface area contributed by atoms with Crippen molar-refractivity contribution in [3.05, 3.63) is 36.4 Å². The molecule has 0 radical (unpaired) electrons. The molecule has 0 N–H and O–H groups in total. The summed E-state index contributed by atoms with van der Waals surface area (Å²) < 4.78 is 117. The van der Waals surface area contributed by atoms with Gasteiger partial charge >= 0.3 is 18.3 Å². The van der Waals surface area contributed by atoms with Gasteiger partial charge in [0.2, 0.25) is 6.10 Å². The Morgan fingerprint density at radius 2 is 1.45 bits per heavy atom. The second kappa shape index (κ2) is 12.5. The Bertz CT molecular complexity index is 1420. The average molecular weight is 669 g/mol. The Hall–Kier alpha value is -2.19. The molecule has 1 aliphatic heterocycles. The normalized spacial score (nSPS) is 27.6. The van der Waals surface area contributed by atoms with Crippen LogP contribution < -0.4 is 4.74 Å². The highest BCUT2D eigenvalue weighted by molar-refractivity contribution is 7.97. The summed E-state index contributed by atoms with van der Waals surface area (Å²) in [4.78, 5) is 13.7. The number of benzene rings is 2. The van der Waals surface area contributed by atoms with Crippen molar-refractivity contribution in [3.63, 3.8) is 0 Å². The fourth-order valence-electron chi connectivity index (χ4n) is 7.65. The Balaban J connectivity index is 0.000000175. The van der Waals surface area contributed by atoms with Crippen molar-refractivity contribution in [2.45, 2.75) is 74.7 Å². The molecule has 1 unspecified atom stereocenters. The second-order valence-electron chi connectivity index (χ2n) is 12.5. The SMILES string of the molecule is FC(F)(F)COc1ccc([S+]2CCCC2)c2ccccc12.O=C(OC(CS(=O)(=O)[O-])C(F)(F)F)C12CC3CC(CC(C3)C1)C2. The molecule has 44 heavy (non-hydrogen) atoms. The van der Waals surface area contributed by atoms with Crippen molar-refractivity contribution in [1.82, 2.24) is 0 Å². The molecule has 5 aliphatic rings. The van der Waals surface area contributed by atoms with Gasteiger partial charge in [0.25, 0.3) is 0 Å². The zero-order chi connectivity index (χ0) is 31.9. The van der Waals surface area contributed by atoms with Gasteiger partial charge in [-0.05, 0) is 87.3 Å². The highest BCUT2D eigenvalue weighted by Crippen LogP contribution is 2.60. The summed E-state index contributed by atoms with van der Waals surface area (Å²) in [5.41, 5.74) is -0.926. The van der Waals surface area contributed by atoms with Gasteiger partial charge < -0.3 is 14.0 Å². The van der Waals surface area contributed by atoms with Crippen LogP contribution in [0.15, 0.2) is 41.3 Å². The Morgan fingerprint density at radius 3 is 1.95 bits per heavy atom. The molecule has 1 heterocycles. The van der Waals surface area contributed by atoms with Crippen LogP contribution in [0.1, 0.15) is 51.4 Å². The van der Waals surface area contributed by atoms with Gasteiger partial charge in [-0.25, -0.2) is 8.42 Å². The summed E-state index contributed by atoms with van der Waals surface area (Å²) in [6.45, 7) is -1.25. The smallest absolute Gasteiger partial charge is 0.426 e. The summed E-state index contributed by atoms with van der Waals surface area (Å²) >= 11 is 0. The maximum Gasteiger partial charge on any atom is 0.426 e. The minimum Gasteiger partial charge on any atom is -0.748 e. The summed E-state index contributed by atoms with van der Waals surface area (Å²) in [7, 11) is -4.93. The molecule has 0 aromatic heterocycles. The second-order valence-corrected chi connectivity index (χ2v) is 16.2. The van der Waals surface area contributed by atoms with Crippen molar-refractivity contribution in [2.24, 2.45) is 23.2 Å². The molecule has 0 spiro atoms. The highest BCUT2D eigenvalue weighted by Gasteiger charge is 2.57. The fourth-order valence-corrected chi connectivity index (χ4v) is 10.8. The first-order chi connectivity index (χ1) is 20.5. The lowest BCUT2D eigenvalue weighted by Gasteiger charge is -2.55. The van der Waals surface area contributed by atoms with Gasteiger partial charge in [-0.1, -0.05) is 18.2 Å². The Morgan fingerprint density at radius 1 is 0.909 bits per heavy atom. The monoisotopic (exact) mass is 668 g/mol. The molecule has 6 nitrogen and oxygen atoms in total. The quantitative estimate of drug-likeness (QED) is 0.140. The molecule has 1 saturated heterocycles. The molecule has 4 bridgehead atoms. The molecule has 4 aliphatic carbocycles. The van der Waals surface area contributed by atoms with E-state index in [4.69, 9.17) is 4.74 Å². The van der Waals surface area contributed by atoms with Crippen molar-refractivity contribution in [1.29, 1.82) is 0 Å². The van der Waals surface area contributed by atoms with E-state index in [-0.39, 0.29) is 10.9 Å². The molecular weight excluding hydrogens is 634 g/mol. The summed E-state index contributed by atoms with van der Waals surface area (Å²) in [6.07, 6.45) is -5.26. The van der Waals surface area contributed by atoms with Crippen LogP contribution in [-0.4, -0.2) is 61.3 Å². The largest absolute Gasteiger partial charge is 0.748 e. The van der Waals surface area contributed by atoms with Crippen LogP contribution in [0, 0.1) is 23.2 Å². The number of hydrogen-bond acceptors (Lipinski definition) is 6. The van der Waals surface area contributed by atoms with Crippen molar-refractivity contribution >= 4 is 37.8 Å². The molecular formula is C30H34F6O6S2. The van der Waals surface area contributed by atoms with E-state index in [0.717, 1.165) is 30.0 Å². The predicted molar refractivity (Wildman–Crippen MR) is 151 cm³/mol. The Kier molecular flexibility index (Phi) is 9.46. The van der Waals surface area contributed by atoms with Crippen molar-refractivity contribution in [2.75, 3.05) is 23.9 Å². The minimum absolute atomic E-state index is 0.228. The molecule has 1 atom stereocenters. The standard InChI is InChI=1S/C16H16F3OS.C14H19F3O5S/c17-16(18,19)11-20-14-7-8-15(21-9-3-4-10-21)13-6-2-1-5-12(13)14;15-14(16,17)11(7-23(19,20)21)22-12(18)13-4-8-1-9(5-13)3-10(2-8)6-13/h1-2,5-8H,3-4,9-11H2;8-11H,1-7H2,(H,19,20,21)/q+1;/p-1. The van der Waals surface area contributed by atoms with E-state index < -0.39 is 52.3 Å². The molecule has 0 amide bonds. The van der Waals surface area contributed by atoms with E-state index in [1.807, 2.05) is 30.3 Å². The lowest BCUT2D eigenvalue weighted by molar-refractivity contribution is -0.226. The van der Waals surface area contributed by atoms with E-state index in [9.17, 15) is 44.1 Å². The maximum absolute atomic E-state index is 12.9. The third-order valence-electron chi connectivity index (χ3n) is 9.02. The van der Waals surface area contributed by atoms with E-state index in [1.54, 1.807) is 6.07 Å². The molecule has 2 aromatic carbocycles. The first-order valence-corrected chi connectivity index (χ1v) is 17.8. The Labute approximate surface area is 254 Å². The number of alkyl halides is 6. The average Bonchev–Trinajstić information content (AvgIpc) is 3.44. The van der Waals surface area contributed by atoms with E-state index in [2.05, 4.69) is 4.74 Å². The van der Waals surface area contributed by atoms with Gasteiger partial charge in [0.15, 0.2) is 11.5 Å². The summed E-state index contributed by atoms with van der Waals surface area (Å²) in [5, 5.41) is 1.81. The highest BCUT2D eigenvalue weighted by atomic mass is 32.2. The van der Waals surface area contributed by atoms with Crippen LogP contribution in [0.3, 0.4) is 0 Å². The van der Waals surface area contributed by atoms with E-state index in [1.165, 1.54) is 29.2 Å². The van der Waals surface area contributed by atoms with Crippen LogP contribution in [-0.2, 0) is 30.5 Å². The first-order valence-electron chi connectivity index (χ1n) is 14.6. The number of carbonyl (C=O) groups excluding carboxylic acids is 1. The minimum atomic E-state index is -5.16. The van der Waals surface area contributed by atoms with Gasteiger partial charge in [-0.15, -0.1) is 0 Å². The third kappa shape index (κ3) is 7.96. The van der Waals surface area contributed by atoms with Crippen molar-refractivity contribution in [3.8, 4) is 5.75 Å². The molecule has 2 aromatic rings. The van der Waals surface area contributed by atoms with Crippen LogP contribution in [0.2, 0.25) is 0 Å². The number of rotatable bonds is 7. The van der Waals surface area contributed by atoms with Crippen LogP contribution in [0.4, 0.5) is 26.3 Å². The lowest BCUT2D eigenvalue weighted by atomic mass is 9.49. The predicted octanol–water partition coefficient (Wildman–Crippen LogP) is 6.77. The number of halogens is 6. The maximum atomic E-state index is 12.9. The van der Waals surface area contributed by atoms with Crippen LogP contribution >= 0.6 is 0 Å². The molecule has 14 heteroatoms. The van der Waals surface area contributed by atoms with E-state index >= 15 is 0 Å². The number of hydrogen-bond donors (Lipinski definition) is 0.